The van der Waals surface area contributed by atoms with Gasteiger partial charge in [0.05, 0.1) is 34.0 Å². The molecule has 2 heterocycles. The monoisotopic (exact) mass is 875 g/mol. The van der Waals surface area contributed by atoms with Crippen LogP contribution in [0.3, 0.4) is 0 Å². The zero-order valence-corrected chi connectivity index (χ0v) is 37.5. The minimum atomic E-state index is 0.866. The molecule has 0 atom stereocenters. The first-order valence-corrected chi connectivity index (χ1v) is 23.6. The van der Waals surface area contributed by atoms with Crippen LogP contribution in [-0.2, 0) is 0 Å². The quantitative estimate of drug-likeness (QED) is 0.156. The third kappa shape index (κ3) is 6.58. The predicted molar refractivity (Wildman–Crippen MR) is 291 cm³/mol. The summed E-state index contributed by atoms with van der Waals surface area (Å²) in [7, 11) is 0. The Morgan fingerprint density at radius 2 is 0.696 bits per heavy atom. The molecule has 320 valence electrons. The van der Waals surface area contributed by atoms with E-state index in [9.17, 15) is 0 Å². The van der Waals surface area contributed by atoms with Gasteiger partial charge in [-0.3, -0.25) is 4.98 Å². The van der Waals surface area contributed by atoms with Crippen LogP contribution in [0.25, 0.3) is 137 Å². The molecule has 3 nitrogen and oxygen atoms in total. The van der Waals surface area contributed by atoms with Crippen molar-refractivity contribution in [3.63, 3.8) is 0 Å². The second kappa shape index (κ2) is 15.7. The number of hydrogen-bond acceptors (Lipinski definition) is 2. The fourth-order valence-corrected chi connectivity index (χ4v) is 10.7. The molecule has 12 aromatic carbocycles. The van der Waals surface area contributed by atoms with E-state index >= 15 is 0 Å². The second-order valence-corrected chi connectivity index (χ2v) is 18.2. The van der Waals surface area contributed by atoms with Crippen LogP contribution in [0.2, 0.25) is 0 Å². The van der Waals surface area contributed by atoms with Gasteiger partial charge >= 0.3 is 0 Å². The fraction of sp³-hybridized carbons (Fsp3) is 0. The van der Waals surface area contributed by atoms with Crippen molar-refractivity contribution in [2.45, 2.75) is 0 Å². The van der Waals surface area contributed by atoms with E-state index in [0.29, 0.717) is 0 Å². The van der Waals surface area contributed by atoms with Gasteiger partial charge in [-0.05, 0) is 131 Å². The number of benzene rings is 12. The van der Waals surface area contributed by atoms with Crippen LogP contribution in [0.4, 0.5) is 0 Å². The Morgan fingerprint density at radius 3 is 1.30 bits per heavy atom. The van der Waals surface area contributed by atoms with Gasteiger partial charge in [0.25, 0.3) is 0 Å². The third-order valence-corrected chi connectivity index (χ3v) is 14.2. The average Bonchev–Trinajstić information content (AvgIpc) is 3.76. The first-order chi connectivity index (χ1) is 34.2. The topological polar surface area (TPSA) is 30.7 Å². The summed E-state index contributed by atoms with van der Waals surface area (Å²) in [5.41, 5.74) is 16.9. The molecular weight excluding hydrogens is 835 g/mol. The van der Waals surface area contributed by atoms with Gasteiger partial charge in [-0.2, -0.15) is 0 Å². The van der Waals surface area contributed by atoms with Crippen molar-refractivity contribution < 1.29 is 0 Å². The highest BCUT2D eigenvalue weighted by Crippen LogP contribution is 2.38. The Bertz CT molecular complexity index is 4320. The number of nitrogens with zero attached hydrogens (tertiary/aromatic N) is 3. The molecule has 0 bridgehead atoms. The second-order valence-electron chi connectivity index (χ2n) is 18.2. The van der Waals surface area contributed by atoms with Gasteiger partial charge in [-0.1, -0.05) is 188 Å². The first-order valence-electron chi connectivity index (χ1n) is 23.6. The van der Waals surface area contributed by atoms with Crippen molar-refractivity contribution in [3.8, 4) is 61.5 Å². The maximum atomic E-state index is 5.25. The van der Waals surface area contributed by atoms with Crippen LogP contribution in [0.1, 0.15) is 0 Å². The molecule has 2 aromatic heterocycles. The lowest BCUT2D eigenvalue weighted by atomic mass is 9.94. The lowest BCUT2D eigenvalue weighted by Crippen LogP contribution is -1.93. The van der Waals surface area contributed by atoms with Crippen molar-refractivity contribution >= 4 is 75.9 Å². The normalized spacial score (nSPS) is 11.8. The molecule has 0 aliphatic carbocycles. The maximum Gasteiger partial charge on any atom is 0.0979 e. The van der Waals surface area contributed by atoms with Crippen LogP contribution < -0.4 is 0 Å². The smallest absolute Gasteiger partial charge is 0.0979 e. The van der Waals surface area contributed by atoms with E-state index in [4.69, 9.17) is 9.97 Å². The Hall–Kier alpha value is -9.18. The largest absolute Gasteiger partial charge is 0.309 e. The molecule has 0 saturated carbocycles. The minimum Gasteiger partial charge on any atom is -0.309 e. The Balaban J connectivity index is 0.723. The van der Waals surface area contributed by atoms with Gasteiger partial charge in [-0.25, -0.2) is 4.98 Å². The van der Waals surface area contributed by atoms with Crippen molar-refractivity contribution in [2.75, 3.05) is 0 Å². The summed E-state index contributed by atoms with van der Waals surface area (Å²) < 4.78 is 2.38. The standard InChI is InChI=1S/C66H41N3/c1-2-13-55(14-3-1)69-63-20-9-8-17-58(63)59-34-33-53(40-64(59)69)43-23-21-42(22-24-43)45-25-26-48-37-51(30-29-47(48)35-45)52-32-31-49-36-46(27-28-50(49)38-52)44-11-10-12-54(39-44)62-41-67-65-60-18-6-4-15-56(60)57-16-5-7-19-61(57)66(65)68-62/h1-41H. The zero-order valence-electron chi connectivity index (χ0n) is 37.5. The molecule has 0 N–H and O–H groups in total. The van der Waals surface area contributed by atoms with E-state index in [-0.39, 0.29) is 0 Å². The molecule has 0 aliphatic heterocycles. The molecule has 0 aliphatic rings. The van der Waals surface area contributed by atoms with Gasteiger partial charge in [-0.15, -0.1) is 0 Å². The zero-order chi connectivity index (χ0) is 45.4. The summed E-state index contributed by atoms with van der Waals surface area (Å²) in [6.07, 6.45) is 1.92. The molecule has 3 heteroatoms. The van der Waals surface area contributed by atoms with E-state index < -0.39 is 0 Å². The minimum absolute atomic E-state index is 0.866. The lowest BCUT2D eigenvalue weighted by Gasteiger charge is -2.11. The van der Waals surface area contributed by atoms with E-state index in [0.717, 1.165) is 38.6 Å². The summed E-state index contributed by atoms with van der Waals surface area (Å²) in [4.78, 5) is 10.3. The first kappa shape index (κ1) is 39.0. The fourth-order valence-electron chi connectivity index (χ4n) is 10.7. The Morgan fingerprint density at radius 1 is 0.261 bits per heavy atom. The molecule has 14 rings (SSSR count). The highest BCUT2D eigenvalue weighted by Gasteiger charge is 2.15. The van der Waals surface area contributed by atoms with Crippen molar-refractivity contribution in [1.29, 1.82) is 0 Å². The molecule has 69 heavy (non-hydrogen) atoms. The number of para-hydroxylation sites is 2. The molecule has 0 spiro atoms. The maximum absolute atomic E-state index is 5.25. The molecule has 14 aromatic rings. The number of fused-ring (bicyclic) bond motifs is 11. The molecular formula is C66H41N3. The highest BCUT2D eigenvalue weighted by atomic mass is 15.0. The third-order valence-electron chi connectivity index (χ3n) is 14.2. The summed E-state index contributed by atoms with van der Waals surface area (Å²) in [6, 6.07) is 88.1. The van der Waals surface area contributed by atoms with E-state index in [1.54, 1.807) is 0 Å². The molecule has 0 radical (unpaired) electrons. The van der Waals surface area contributed by atoms with E-state index in [1.165, 1.54) is 98.8 Å². The molecule has 0 amide bonds. The van der Waals surface area contributed by atoms with Gasteiger partial charge < -0.3 is 4.57 Å². The van der Waals surface area contributed by atoms with Crippen LogP contribution in [0.5, 0.6) is 0 Å². The number of aromatic nitrogens is 3. The SMILES string of the molecule is c1ccc(-n2c3ccccc3c3ccc(-c4ccc(-c5ccc6cc(-c7ccc8cc(-c9cccc(-c%10cnc%11c%12ccccc%12c%12ccccc%12c%11n%10)c9)ccc8c7)ccc6c5)cc4)cc32)cc1. The lowest BCUT2D eigenvalue weighted by molar-refractivity contribution is 1.18. The summed E-state index contributed by atoms with van der Waals surface area (Å²) in [5, 5.41) is 12.0. The van der Waals surface area contributed by atoms with Gasteiger partial charge in [0.15, 0.2) is 0 Å². The Kier molecular flexibility index (Phi) is 8.90. The summed E-state index contributed by atoms with van der Waals surface area (Å²) in [6.45, 7) is 0. The van der Waals surface area contributed by atoms with Crippen molar-refractivity contribution in [1.82, 2.24) is 14.5 Å². The van der Waals surface area contributed by atoms with E-state index in [2.05, 4.69) is 247 Å². The van der Waals surface area contributed by atoms with Crippen LogP contribution in [0.15, 0.2) is 249 Å². The summed E-state index contributed by atoms with van der Waals surface area (Å²) in [5.74, 6) is 0. The van der Waals surface area contributed by atoms with Crippen LogP contribution in [0, 0.1) is 0 Å². The number of hydrogen-bond donors (Lipinski definition) is 0. The van der Waals surface area contributed by atoms with E-state index in [1.807, 2.05) is 6.20 Å². The van der Waals surface area contributed by atoms with Crippen LogP contribution >= 0.6 is 0 Å². The molecule has 0 unspecified atom stereocenters. The van der Waals surface area contributed by atoms with Gasteiger partial charge in [0.2, 0.25) is 0 Å². The average molecular weight is 876 g/mol. The number of rotatable bonds is 6. The van der Waals surface area contributed by atoms with Gasteiger partial charge in [0.1, 0.15) is 0 Å². The van der Waals surface area contributed by atoms with Crippen LogP contribution in [-0.4, -0.2) is 14.5 Å². The Labute approximate surface area is 398 Å². The summed E-state index contributed by atoms with van der Waals surface area (Å²) >= 11 is 0. The predicted octanol–water partition coefficient (Wildman–Crippen LogP) is 17.7. The highest BCUT2D eigenvalue weighted by molar-refractivity contribution is 6.23. The van der Waals surface area contributed by atoms with Gasteiger partial charge in [0, 0.05) is 32.8 Å². The van der Waals surface area contributed by atoms with Crippen molar-refractivity contribution in [3.05, 3.63) is 249 Å². The van der Waals surface area contributed by atoms with Crippen molar-refractivity contribution in [2.24, 2.45) is 0 Å². The molecule has 0 fully saturated rings. The molecule has 0 saturated heterocycles.